The third kappa shape index (κ3) is 3.06. The second-order valence-corrected chi connectivity index (χ2v) is 4.21. The van der Waals surface area contributed by atoms with E-state index in [0.717, 1.165) is 10.2 Å². The number of benzene rings is 1. The van der Waals surface area contributed by atoms with Crippen LogP contribution in [0.2, 0.25) is 5.02 Å². The standard InChI is InChI=1S/C10H8BrClN2/c1-7(11)6-14-10-4-8(5-13)2-3-9(10)12/h2-4,14H,1,6H2. The van der Waals surface area contributed by atoms with Crippen molar-refractivity contribution in [2.45, 2.75) is 0 Å². The smallest absolute Gasteiger partial charge is 0.0992 e. The summed E-state index contributed by atoms with van der Waals surface area (Å²) in [5.41, 5.74) is 1.32. The van der Waals surface area contributed by atoms with Gasteiger partial charge in [0.2, 0.25) is 0 Å². The van der Waals surface area contributed by atoms with E-state index in [1.807, 2.05) is 6.07 Å². The zero-order valence-corrected chi connectivity index (χ0v) is 9.69. The van der Waals surface area contributed by atoms with E-state index < -0.39 is 0 Å². The Kier molecular flexibility index (Phi) is 3.99. The topological polar surface area (TPSA) is 35.8 Å². The predicted molar refractivity (Wildman–Crippen MR) is 62.7 cm³/mol. The van der Waals surface area contributed by atoms with E-state index in [1.165, 1.54) is 0 Å². The van der Waals surface area contributed by atoms with Crippen LogP contribution in [0.1, 0.15) is 5.56 Å². The lowest BCUT2D eigenvalue weighted by atomic mass is 10.2. The van der Waals surface area contributed by atoms with E-state index in [4.69, 9.17) is 16.9 Å². The van der Waals surface area contributed by atoms with E-state index in [1.54, 1.807) is 18.2 Å². The van der Waals surface area contributed by atoms with Gasteiger partial charge in [0.1, 0.15) is 0 Å². The van der Waals surface area contributed by atoms with Crippen molar-refractivity contribution in [3.63, 3.8) is 0 Å². The summed E-state index contributed by atoms with van der Waals surface area (Å²) < 4.78 is 0.830. The van der Waals surface area contributed by atoms with Crippen LogP contribution in [-0.2, 0) is 0 Å². The largest absolute Gasteiger partial charge is 0.379 e. The molecule has 72 valence electrons. The van der Waals surface area contributed by atoms with Gasteiger partial charge in [-0.25, -0.2) is 0 Å². The lowest BCUT2D eigenvalue weighted by molar-refractivity contribution is 1.32. The summed E-state index contributed by atoms with van der Waals surface area (Å²) >= 11 is 9.15. The maximum Gasteiger partial charge on any atom is 0.0992 e. The summed E-state index contributed by atoms with van der Waals surface area (Å²) in [7, 11) is 0. The van der Waals surface area contributed by atoms with Crippen molar-refractivity contribution in [3.8, 4) is 6.07 Å². The molecule has 0 aliphatic heterocycles. The molecule has 14 heavy (non-hydrogen) atoms. The van der Waals surface area contributed by atoms with Crippen molar-refractivity contribution in [2.24, 2.45) is 0 Å². The molecule has 0 aromatic heterocycles. The molecular weight excluding hydrogens is 263 g/mol. The highest BCUT2D eigenvalue weighted by Gasteiger charge is 2.01. The molecule has 0 heterocycles. The molecule has 0 bridgehead atoms. The number of halogens is 2. The monoisotopic (exact) mass is 270 g/mol. The number of hydrogen-bond donors (Lipinski definition) is 1. The minimum Gasteiger partial charge on any atom is -0.379 e. The van der Waals surface area contributed by atoms with Gasteiger partial charge >= 0.3 is 0 Å². The zero-order chi connectivity index (χ0) is 10.6. The fraction of sp³-hybridized carbons (Fsp3) is 0.100. The minimum atomic E-state index is 0.578. The molecule has 1 aromatic rings. The van der Waals surface area contributed by atoms with Gasteiger partial charge in [-0.05, 0) is 18.2 Å². The van der Waals surface area contributed by atoms with Gasteiger partial charge in [0, 0.05) is 11.0 Å². The number of rotatable bonds is 3. The molecule has 0 aliphatic rings. The van der Waals surface area contributed by atoms with E-state index in [9.17, 15) is 0 Å². The van der Waals surface area contributed by atoms with Crippen LogP contribution in [0.3, 0.4) is 0 Å². The van der Waals surface area contributed by atoms with Crippen LogP contribution in [0.15, 0.2) is 29.3 Å². The normalized spacial score (nSPS) is 9.21. The fourth-order valence-corrected chi connectivity index (χ4v) is 1.25. The highest BCUT2D eigenvalue weighted by Crippen LogP contribution is 2.23. The summed E-state index contributed by atoms with van der Waals surface area (Å²) in [5.74, 6) is 0. The number of nitriles is 1. The molecular formula is C10H8BrClN2. The van der Waals surface area contributed by atoms with Gasteiger partial charge in [-0.1, -0.05) is 34.1 Å². The highest BCUT2D eigenvalue weighted by atomic mass is 79.9. The molecule has 0 unspecified atom stereocenters. The molecule has 1 N–H and O–H groups in total. The quantitative estimate of drug-likeness (QED) is 0.913. The van der Waals surface area contributed by atoms with Gasteiger partial charge in [0.15, 0.2) is 0 Å². The summed E-state index contributed by atoms with van der Waals surface area (Å²) in [4.78, 5) is 0. The first-order valence-corrected chi connectivity index (χ1v) is 5.07. The lowest BCUT2D eigenvalue weighted by Gasteiger charge is -2.07. The van der Waals surface area contributed by atoms with E-state index >= 15 is 0 Å². The lowest BCUT2D eigenvalue weighted by Crippen LogP contribution is -2.01. The molecule has 0 amide bonds. The summed E-state index contributed by atoms with van der Waals surface area (Å²) in [6, 6.07) is 7.13. The number of nitrogens with one attached hydrogen (secondary N) is 1. The molecule has 0 aliphatic carbocycles. The van der Waals surface area contributed by atoms with E-state index in [-0.39, 0.29) is 0 Å². The Bertz CT molecular complexity index is 396. The second kappa shape index (κ2) is 5.04. The molecule has 0 saturated carbocycles. The second-order valence-electron chi connectivity index (χ2n) is 2.68. The minimum absolute atomic E-state index is 0.578. The maximum atomic E-state index is 8.68. The fourth-order valence-electron chi connectivity index (χ4n) is 0.921. The van der Waals surface area contributed by atoms with E-state index in [2.05, 4.69) is 27.8 Å². The van der Waals surface area contributed by atoms with Crippen molar-refractivity contribution in [2.75, 3.05) is 11.9 Å². The van der Waals surface area contributed by atoms with Crippen molar-refractivity contribution < 1.29 is 0 Å². The van der Waals surface area contributed by atoms with Crippen LogP contribution in [0.5, 0.6) is 0 Å². The van der Waals surface area contributed by atoms with Gasteiger partial charge in [0.25, 0.3) is 0 Å². The van der Waals surface area contributed by atoms with Crippen molar-refractivity contribution >= 4 is 33.2 Å². The van der Waals surface area contributed by atoms with Gasteiger partial charge < -0.3 is 5.32 Å². The number of nitrogens with zero attached hydrogens (tertiary/aromatic N) is 1. The average Bonchev–Trinajstić information content (AvgIpc) is 2.16. The van der Waals surface area contributed by atoms with Crippen molar-refractivity contribution in [1.82, 2.24) is 0 Å². The summed E-state index contributed by atoms with van der Waals surface area (Å²) in [6.07, 6.45) is 0. The van der Waals surface area contributed by atoms with E-state index in [0.29, 0.717) is 17.1 Å². The molecule has 0 spiro atoms. The maximum absolute atomic E-state index is 8.68. The van der Waals surface area contributed by atoms with Crippen LogP contribution in [0.25, 0.3) is 0 Å². The molecule has 0 radical (unpaired) electrons. The Balaban J connectivity index is 2.85. The third-order valence-electron chi connectivity index (χ3n) is 1.57. The number of anilines is 1. The summed E-state index contributed by atoms with van der Waals surface area (Å²) in [5, 5.41) is 12.3. The van der Waals surface area contributed by atoms with Crippen molar-refractivity contribution in [1.29, 1.82) is 5.26 Å². The van der Waals surface area contributed by atoms with Crippen LogP contribution in [0.4, 0.5) is 5.69 Å². The molecule has 1 rings (SSSR count). The molecule has 0 fully saturated rings. The Labute approximate surface area is 96.3 Å². The molecule has 0 atom stereocenters. The Morgan fingerprint density at radius 1 is 1.64 bits per heavy atom. The molecule has 2 nitrogen and oxygen atoms in total. The first-order valence-electron chi connectivity index (χ1n) is 3.90. The first-order chi connectivity index (χ1) is 6.63. The first kappa shape index (κ1) is 11.1. The third-order valence-corrected chi connectivity index (χ3v) is 2.18. The Hall–Kier alpha value is -0.980. The number of hydrogen-bond acceptors (Lipinski definition) is 2. The zero-order valence-electron chi connectivity index (χ0n) is 7.35. The van der Waals surface area contributed by atoms with Crippen LogP contribution < -0.4 is 5.32 Å². The average molecular weight is 272 g/mol. The Morgan fingerprint density at radius 3 is 2.93 bits per heavy atom. The molecule has 1 aromatic carbocycles. The SMILES string of the molecule is C=C(Br)CNc1cc(C#N)ccc1Cl. The van der Waals surface area contributed by atoms with Gasteiger partial charge in [-0.2, -0.15) is 5.26 Å². The Morgan fingerprint density at radius 2 is 2.36 bits per heavy atom. The molecule has 4 heteroatoms. The van der Waals surface area contributed by atoms with Crippen LogP contribution >= 0.6 is 27.5 Å². The van der Waals surface area contributed by atoms with Gasteiger partial charge in [-0.3, -0.25) is 0 Å². The van der Waals surface area contributed by atoms with Crippen LogP contribution in [0, 0.1) is 11.3 Å². The highest BCUT2D eigenvalue weighted by molar-refractivity contribution is 9.11. The molecule has 0 saturated heterocycles. The predicted octanol–water partition coefficient (Wildman–Crippen LogP) is 3.53. The van der Waals surface area contributed by atoms with Crippen LogP contribution in [-0.4, -0.2) is 6.54 Å². The van der Waals surface area contributed by atoms with Crippen molar-refractivity contribution in [3.05, 3.63) is 39.8 Å². The summed E-state index contributed by atoms with van der Waals surface area (Å²) in [6.45, 7) is 4.27. The van der Waals surface area contributed by atoms with Gasteiger partial charge in [0.05, 0.1) is 22.3 Å². The van der Waals surface area contributed by atoms with Gasteiger partial charge in [-0.15, -0.1) is 0 Å².